The molecule has 106 valence electrons. The standard InChI is InChI=1S/C10H13IN2O6/c1-17-6-5(14)8(19-9(6)18-2)13-3-4(11)7(15)12-10(13)16/h3,5-6,8-9,14H,1-2H3,(H,12,15,16)/t5?,6?,8-,9+/m1/s1. The minimum Gasteiger partial charge on any atom is -0.385 e. The van der Waals surface area contributed by atoms with E-state index in [1.165, 1.54) is 20.4 Å². The van der Waals surface area contributed by atoms with Gasteiger partial charge in [0.15, 0.2) is 12.5 Å². The van der Waals surface area contributed by atoms with Gasteiger partial charge in [0, 0.05) is 20.4 Å². The van der Waals surface area contributed by atoms with E-state index in [4.69, 9.17) is 14.2 Å². The number of aliphatic hydroxyl groups excluding tert-OH is 1. The second-order valence-corrected chi connectivity index (χ2v) is 5.13. The van der Waals surface area contributed by atoms with E-state index in [9.17, 15) is 14.7 Å². The van der Waals surface area contributed by atoms with Crippen LogP contribution >= 0.6 is 22.6 Å². The molecule has 1 aromatic heterocycles. The highest BCUT2D eigenvalue weighted by atomic mass is 127. The van der Waals surface area contributed by atoms with E-state index in [0.717, 1.165) is 4.57 Å². The van der Waals surface area contributed by atoms with Crippen LogP contribution in [0.4, 0.5) is 0 Å². The van der Waals surface area contributed by atoms with Crippen LogP contribution in [0.25, 0.3) is 0 Å². The van der Waals surface area contributed by atoms with Crippen molar-refractivity contribution in [2.45, 2.75) is 24.7 Å². The number of nitrogens with zero attached hydrogens (tertiary/aromatic N) is 1. The van der Waals surface area contributed by atoms with Crippen molar-refractivity contribution in [1.82, 2.24) is 9.55 Å². The van der Waals surface area contributed by atoms with Crippen molar-refractivity contribution in [3.63, 3.8) is 0 Å². The summed E-state index contributed by atoms with van der Waals surface area (Å²) in [6, 6.07) is 0. The summed E-state index contributed by atoms with van der Waals surface area (Å²) in [5.74, 6) is 0. The Morgan fingerprint density at radius 2 is 2.11 bits per heavy atom. The molecular formula is C10H13IN2O6. The van der Waals surface area contributed by atoms with Crippen LogP contribution in [-0.2, 0) is 14.2 Å². The number of aromatic nitrogens is 2. The molecule has 2 N–H and O–H groups in total. The molecule has 1 aromatic rings. The van der Waals surface area contributed by atoms with Crippen molar-refractivity contribution in [3.05, 3.63) is 30.6 Å². The van der Waals surface area contributed by atoms with Gasteiger partial charge in [-0.2, -0.15) is 0 Å². The summed E-state index contributed by atoms with van der Waals surface area (Å²) in [5, 5.41) is 10.1. The van der Waals surface area contributed by atoms with Crippen molar-refractivity contribution >= 4 is 22.6 Å². The molecule has 0 spiro atoms. The molecule has 0 saturated carbocycles. The molecule has 2 rings (SSSR count). The van der Waals surface area contributed by atoms with Crippen LogP contribution in [-0.4, -0.2) is 47.4 Å². The lowest BCUT2D eigenvalue weighted by Gasteiger charge is -2.17. The number of hydrogen-bond donors (Lipinski definition) is 2. The molecule has 0 bridgehead atoms. The monoisotopic (exact) mass is 384 g/mol. The molecule has 1 aliphatic rings. The molecule has 0 radical (unpaired) electrons. The zero-order valence-electron chi connectivity index (χ0n) is 10.2. The van der Waals surface area contributed by atoms with Gasteiger partial charge in [-0.25, -0.2) is 4.79 Å². The average molecular weight is 384 g/mol. The Labute approximate surface area is 121 Å². The first-order valence-corrected chi connectivity index (χ1v) is 6.47. The maximum absolute atomic E-state index is 11.7. The van der Waals surface area contributed by atoms with E-state index < -0.39 is 36.0 Å². The van der Waals surface area contributed by atoms with Crippen LogP contribution in [0.5, 0.6) is 0 Å². The van der Waals surface area contributed by atoms with Crippen molar-refractivity contribution < 1.29 is 19.3 Å². The molecule has 9 heteroatoms. The van der Waals surface area contributed by atoms with Gasteiger partial charge in [-0.3, -0.25) is 14.3 Å². The first kappa shape index (κ1) is 14.7. The molecule has 0 aromatic carbocycles. The van der Waals surface area contributed by atoms with Gasteiger partial charge in [0.1, 0.15) is 12.2 Å². The molecule has 8 nitrogen and oxygen atoms in total. The SMILES string of the molecule is COC1C(O)[C@H](n2cc(I)c(=O)[nH]c2=O)O[C@@H]1OC. The largest absolute Gasteiger partial charge is 0.385 e. The second-order valence-electron chi connectivity index (χ2n) is 3.97. The molecule has 0 aliphatic carbocycles. The number of rotatable bonds is 3. The van der Waals surface area contributed by atoms with Gasteiger partial charge in [0.2, 0.25) is 0 Å². The van der Waals surface area contributed by atoms with Crippen molar-refractivity contribution in [2.75, 3.05) is 14.2 Å². The molecule has 0 amide bonds. The van der Waals surface area contributed by atoms with Crippen LogP contribution < -0.4 is 11.2 Å². The summed E-state index contributed by atoms with van der Waals surface area (Å²) >= 11 is 1.79. The van der Waals surface area contributed by atoms with Crippen LogP contribution in [0.1, 0.15) is 6.23 Å². The Kier molecular flexibility index (Phi) is 4.40. The number of halogens is 1. The zero-order chi connectivity index (χ0) is 14.2. The third kappa shape index (κ3) is 2.60. The van der Waals surface area contributed by atoms with Gasteiger partial charge >= 0.3 is 5.69 Å². The van der Waals surface area contributed by atoms with Gasteiger partial charge in [0.25, 0.3) is 5.56 Å². The van der Waals surface area contributed by atoms with Gasteiger partial charge < -0.3 is 19.3 Å². The quantitative estimate of drug-likeness (QED) is 0.650. The summed E-state index contributed by atoms with van der Waals surface area (Å²) in [6.07, 6.45) is -2.25. The summed E-state index contributed by atoms with van der Waals surface area (Å²) in [4.78, 5) is 25.2. The minimum atomic E-state index is -1.09. The fraction of sp³-hybridized carbons (Fsp3) is 0.600. The number of methoxy groups -OCH3 is 2. The Bertz CT molecular complexity index is 570. The number of ether oxygens (including phenoxy) is 3. The normalized spacial score (nSPS) is 30.7. The molecule has 2 heterocycles. The lowest BCUT2D eigenvalue weighted by Crippen LogP contribution is -2.39. The summed E-state index contributed by atoms with van der Waals surface area (Å²) in [5.41, 5.74) is -1.15. The third-order valence-electron chi connectivity index (χ3n) is 2.87. The Balaban J connectivity index is 2.41. The van der Waals surface area contributed by atoms with Gasteiger partial charge in [-0.05, 0) is 22.6 Å². The van der Waals surface area contributed by atoms with Crippen molar-refractivity contribution in [2.24, 2.45) is 0 Å². The number of hydrogen-bond acceptors (Lipinski definition) is 6. The second kappa shape index (κ2) is 5.71. The van der Waals surface area contributed by atoms with E-state index in [2.05, 4.69) is 4.98 Å². The summed E-state index contributed by atoms with van der Waals surface area (Å²) in [7, 11) is 2.82. The van der Waals surface area contributed by atoms with E-state index in [0.29, 0.717) is 3.57 Å². The summed E-state index contributed by atoms with van der Waals surface area (Å²) < 4.78 is 17.0. The predicted molar refractivity (Wildman–Crippen MR) is 71.8 cm³/mol. The van der Waals surface area contributed by atoms with E-state index >= 15 is 0 Å². The van der Waals surface area contributed by atoms with E-state index in [1.807, 2.05) is 0 Å². The highest BCUT2D eigenvalue weighted by molar-refractivity contribution is 14.1. The average Bonchev–Trinajstić information content (AvgIpc) is 2.70. The van der Waals surface area contributed by atoms with Gasteiger partial charge in [-0.15, -0.1) is 0 Å². The van der Waals surface area contributed by atoms with Crippen LogP contribution in [0.15, 0.2) is 15.8 Å². The maximum atomic E-state index is 11.7. The zero-order valence-corrected chi connectivity index (χ0v) is 12.4. The molecule has 19 heavy (non-hydrogen) atoms. The number of nitrogens with one attached hydrogen (secondary N) is 1. The lowest BCUT2D eigenvalue weighted by atomic mass is 10.2. The van der Waals surface area contributed by atoms with Gasteiger partial charge in [0.05, 0.1) is 3.57 Å². The fourth-order valence-corrected chi connectivity index (χ4v) is 2.37. The van der Waals surface area contributed by atoms with Crippen molar-refractivity contribution in [1.29, 1.82) is 0 Å². The van der Waals surface area contributed by atoms with Crippen LogP contribution in [0.2, 0.25) is 0 Å². The first-order chi connectivity index (χ1) is 8.99. The number of H-pyrrole nitrogens is 1. The number of aromatic amines is 1. The smallest absolute Gasteiger partial charge is 0.330 e. The highest BCUT2D eigenvalue weighted by Gasteiger charge is 2.45. The lowest BCUT2D eigenvalue weighted by molar-refractivity contribution is -0.166. The third-order valence-corrected chi connectivity index (χ3v) is 3.64. The Morgan fingerprint density at radius 3 is 2.63 bits per heavy atom. The van der Waals surface area contributed by atoms with E-state index in [-0.39, 0.29) is 0 Å². The molecular weight excluding hydrogens is 371 g/mol. The molecule has 2 unspecified atom stereocenters. The van der Waals surface area contributed by atoms with Gasteiger partial charge in [-0.1, -0.05) is 0 Å². The van der Waals surface area contributed by atoms with Crippen LogP contribution in [0.3, 0.4) is 0 Å². The molecule has 1 saturated heterocycles. The Hall–Kier alpha value is -0.750. The van der Waals surface area contributed by atoms with Crippen molar-refractivity contribution in [3.8, 4) is 0 Å². The topological polar surface area (TPSA) is 103 Å². The van der Waals surface area contributed by atoms with Crippen LogP contribution in [0, 0.1) is 3.57 Å². The molecule has 1 aliphatic heterocycles. The fourth-order valence-electron chi connectivity index (χ4n) is 1.94. The van der Waals surface area contributed by atoms with E-state index in [1.54, 1.807) is 22.6 Å². The Morgan fingerprint density at radius 1 is 1.42 bits per heavy atom. The molecule has 1 fully saturated rings. The summed E-state index contributed by atoms with van der Waals surface area (Å²) in [6.45, 7) is 0. The molecule has 4 atom stereocenters. The minimum absolute atomic E-state index is 0.308. The maximum Gasteiger partial charge on any atom is 0.330 e. The first-order valence-electron chi connectivity index (χ1n) is 5.39. The number of aliphatic hydroxyl groups is 1. The predicted octanol–water partition coefficient (Wildman–Crippen LogP) is -0.982. The highest BCUT2D eigenvalue weighted by Crippen LogP contribution is 2.30.